The minimum atomic E-state index is -3.48. The third-order valence-corrected chi connectivity index (χ3v) is 4.77. The molecule has 0 unspecified atom stereocenters. The van der Waals surface area contributed by atoms with Crippen LogP contribution in [0.3, 0.4) is 0 Å². The average molecular weight is 417 g/mol. The van der Waals surface area contributed by atoms with Gasteiger partial charge in [0, 0.05) is 5.41 Å². The van der Waals surface area contributed by atoms with E-state index in [2.05, 4.69) is 0 Å². The number of aliphatic hydroxyl groups excluding tert-OH is 1. The minimum Gasteiger partial charge on any atom is -0.491 e. The largest absolute Gasteiger partial charge is 0.491 e. The summed E-state index contributed by atoms with van der Waals surface area (Å²) in [6.45, 7) is 1.45. The van der Waals surface area contributed by atoms with E-state index in [4.69, 9.17) is 21.1 Å². The van der Waals surface area contributed by atoms with E-state index in [9.17, 15) is 18.3 Å². The van der Waals surface area contributed by atoms with Gasteiger partial charge < -0.3 is 14.6 Å². The zero-order valence-corrected chi connectivity index (χ0v) is 16.6. The van der Waals surface area contributed by atoms with Crippen molar-refractivity contribution < 1.29 is 27.8 Å². The van der Waals surface area contributed by atoms with Crippen LogP contribution in [0.4, 0.5) is 13.2 Å². The average Bonchev–Trinajstić information content (AvgIpc) is 2.71. The Bertz CT molecular complexity index is 734. The number of hydrogen-bond donors (Lipinski definition) is 1. The summed E-state index contributed by atoms with van der Waals surface area (Å²) < 4.78 is 48.5. The molecule has 154 valence electrons. The van der Waals surface area contributed by atoms with Crippen molar-refractivity contribution in [3.8, 4) is 11.5 Å². The number of benzene rings is 2. The summed E-state index contributed by atoms with van der Waals surface area (Å²) in [7, 11) is 0. The third kappa shape index (κ3) is 6.04. The Balaban J connectivity index is 2.05. The Hall–Kier alpha value is -1.92. The van der Waals surface area contributed by atoms with Crippen molar-refractivity contribution in [1.29, 1.82) is 0 Å². The molecule has 0 saturated heterocycles. The smallest absolute Gasteiger partial charge is 0.309 e. The van der Waals surface area contributed by atoms with E-state index in [-0.39, 0.29) is 23.7 Å². The molecule has 3 nitrogen and oxygen atoms in total. The van der Waals surface area contributed by atoms with Gasteiger partial charge >= 0.3 is 5.92 Å². The molecule has 0 saturated carbocycles. The molecule has 1 atom stereocenters. The van der Waals surface area contributed by atoms with Crippen LogP contribution in [0, 0.1) is 0 Å². The first-order valence-electron chi connectivity index (χ1n) is 8.82. The highest BCUT2D eigenvalue weighted by Gasteiger charge is 2.30. The zero-order valence-electron chi connectivity index (χ0n) is 15.8. The second-order valence-corrected chi connectivity index (χ2v) is 7.38. The van der Waals surface area contributed by atoms with Crippen LogP contribution in [0.25, 0.3) is 0 Å². The molecule has 0 aliphatic carbocycles. The summed E-state index contributed by atoms with van der Waals surface area (Å²) in [6.07, 6.45) is -0.719. The normalized spacial score (nSPS) is 13.2. The van der Waals surface area contributed by atoms with Crippen LogP contribution in [0.1, 0.15) is 25.0 Å². The predicted molar refractivity (Wildman–Crippen MR) is 104 cm³/mol. The lowest BCUT2D eigenvalue weighted by atomic mass is 9.78. The summed E-state index contributed by atoms with van der Waals surface area (Å²) in [5, 5.41) is 9.44. The van der Waals surface area contributed by atoms with Crippen LogP contribution in [-0.4, -0.2) is 42.9 Å². The lowest BCUT2D eigenvalue weighted by molar-refractivity contribution is -0.0584. The van der Waals surface area contributed by atoms with Crippen molar-refractivity contribution in [3.05, 3.63) is 59.7 Å². The molecule has 0 bridgehead atoms. The van der Waals surface area contributed by atoms with Crippen LogP contribution in [0.5, 0.6) is 11.5 Å². The fraction of sp³-hybridized carbons (Fsp3) is 0.429. The summed E-state index contributed by atoms with van der Waals surface area (Å²) in [4.78, 5) is 0. The van der Waals surface area contributed by atoms with Gasteiger partial charge in [0.25, 0.3) is 0 Å². The summed E-state index contributed by atoms with van der Waals surface area (Å²) in [6, 6.07) is 14.3. The molecule has 0 aromatic heterocycles. The number of hydrogen-bond acceptors (Lipinski definition) is 3. The Labute approximate surface area is 168 Å². The van der Waals surface area contributed by atoms with Gasteiger partial charge in [-0.3, -0.25) is 0 Å². The van der Waals surface area contributed by atoms with Gasteiger partial charge in [-0.1, -0.05) is 38.1 Å². The zero-order chi connectivity index (χ0) is 20.8. The van der Waals surface area contributed by atoms with Crippen LogP contribution < -0.4 is 9.47 Å². The van der Waals surface area contributed by atoms with E-state index in [0.717, 1.165) is 11.1 Å². The maximum atomic E-state index is 12.9. The van der Waals surface area contributed by atoms with E-state index in [0.29, 0.717) is 5.75 Å². The molecule has 2 rings (SSSR count). The fourth-order valence-electron chi connectivity index (χ4n) is 2.57. The molecule has 2 aromatic carbocycles. The van der Waals surface area contributed by atoms with Gasteiger partial charge in [0.1, 0.15) is 24.2 Å². The van der Waals surface area contributed by atoms with Gasteiger partial charge in [0.15, 0.2) is 13.3 Å². The second-order valence-electron chi connectivity index (χ2n) is 7.07. The molecule has 0 amide bonds. The summed E-state index contributed by atoms with van der Waals surface area (Å²) in [5.74, 6) is -2.49. The van der Waals surface area contributed by atoms with E-state index in [1.807, 2.05) is 38.1 Å². The second kappa shape index (κ2) is 9.52. The SMILES string of the molecule is CC(C)(c1ccc(OC[C@@H](O)CCl)cc1)c1ccc(OCC(F)(F)CF)cc1. The summed E-state index contributed by atoms with van der Waals surface area (Å²) >= 11 is 5.54. The fourth-order valence-corrected chi connectivity index (χ4v) is 2.66. The molecule has 0 aliphatic heterocycles. The molecular weight excluding hydrogens is 393 g/mol. The lowest BCUT2D eigenvalue weighted by Crippen LogP contribution is -2.27. The molecule has 0 spiro atoms. The van der Waals surface area contributed by atoms with Crippen LogP contribution in [-0.2, 0) is 5.41 Å². The van der Waals surface area contributed by atoms with Crippen LogP contribution in [0.2, 0.25) is 0 Å². The van der Waals surface area contributed by atoms with E-state index in [1.54, 1.807) is 24.3 Å². The first-order chi connectivity index (χ1) is 13.2. The predicted octanol–water partition coefficient (Wildman–Crippen LogP) is 4.97. The van der Waals surface area contributed by atoms with E-state index in [1.165, 1.54) is 0 Å². The summed E-state index contributed by atoms with van der Waals surface area (Å²) in [5.41, 5.74) is 1.63. The number of aliphatic hydroxyl groups is 1. The van der Waals surface area contributed by atoms with Crippen molar-refractivity contribution in [2.45, 2.75) is 31.3 Å². The Morgan fingerprint density at radius 3 is 1.82 bits per heavy atom. The van der Waals surface area contributed by atoms with Gasteiger partial charge in [-0.05, 0) is 35.4 Å². The quantitative estimate of drug-likeness (QED) is 0.555. The molecule has 2 aromatic rings. The molecule has 1 N–H and O–H groups in total. The van der Waals surface area contributed by atoms with Crippen molar-refractivity contribution >= 4 is 11.6 Å². The topological polar surface area (TPSA) is 38.7 Å². The first kappa shape index (κ1) is 22.4. The molecule has 0 aliphatic rings. The van der Waals surface area contributed by atoms with E-state index >= 15 is 0 Å². The monoisotopic (exact) mass is 416 g/mol. The van der Waals surface area contributed by atoms with Crippen molar-refractivity contribution in [3.63, 3.8) is 0 Å². The highest BCUT2D eigenvalue weighted by atomic mass is 35.5. The Kier molecular flexibility index (Phi) is 7.61. The van der Waals surface area contributed by atoms with Crippen molar-refractivity contribution in [2.75, 3.05) is 25.8 Å². The lowest BCUT2D eigenvalue weighted by Gasteiger charge is -2.26. The Morgan fingerprint density at radius 1 is 0.929 bits per heavy atom. The van der Waals surface area contributed by atoms with Crippen molar-refractivity contribution in [2.24, 2.45) is 0 Å². The highest BCUT2D eigenvalue weighted by molar-refractivity contribution is 6.18. The standard InChI is InChI=1S/C21H24ClF3O3/c1-20(2,15-3-7-18(8-4-15)27-12-17(26)11-22)16-5-9-19(10-6-16)28-14-21(24,25)13-23/h3-10,17,26H,11-14H2,1-2H3/t17-/m0/s1. The highest BCUT2D eigenvalue weighted by Crippen LogP contribution is 2.33. The number of ether oxygens (including phenoxy) is 2. The molecule has 0 fully saturated rings. The number of halogens is 4. The maximum Gasteiger partial charge on any atom is 0.309 e. The van der Waals surface area contributed by atoms with Crippen molar-refractivity contribution in [1.82, 2.24) is 0 Å². The van der Waals surface area contributed by atoms with Gasteiger partial charge in [-0.2, -0.15) is 8.78 Å². The van der Waals surface area contributed by atoms with Crippen LogP contribution in [0.15, 0.2) is 48.5 Å². The van der Waals surface area contributed by atoms with Gasteiger partial charge in [-0.25, -0.2) is 4.39 Å². The molecule has 28 heavy (non-hydrogen) atoms. The molecule has 7 heteroatoms. The number of rotatable bonds is 10. The minimum absolute atomic E-state index is 0.107. The number of alkyl halides is 4. The van der Waals surface area contributed by atoms with Gasteiger partial charge in [-0.15, -0.1) is 11.6 Å². The van der Waals surface area contributed by atoms with Gasteiger partial charge in [0.05, 0.1) is 5.88 Å². The molecular formula is C21H24ClF3O3. The van der Waals surface area contributed by atoms with Gasteiger partial charge in [0.2, 0.25) is 0 Å². The Morgan fingerprint density at radius 2 is 1.39 bits per heavy atom. The van der Waals surface area contributed by atoms with Crippen LogP contribution >= 0.6 is 11.6 Å². The maximum absolute atomic E-state index is 12.9. The third-order valence-electron chi connectivity index (χ3n) is 4.42. The molecule has 0 heterocycles. The van der Waals surface area contributed by atoms with E-state index < -0.39 is 25.3 Å². The first-order valence-corrected chi connectivity index (χ1v) is 9.36. The molecule has 0 radical (unpaired) electrons.